The molecule has 1 saturated heterocycles. The molecule has 3 nitrogen and oxygen atoms in total. The molecule has 1 fully saturated rings. The summed E-state index contributed by atoms with van der Waals surface area (Å²) in [5.74, 6) is 6.49. The number of nitrogens with zero attached hydrogens (tertiary/aromatic N) is 1. The van der Waals surface area contributed by atoms with E-state index in [-0.39, 0.29) is 5.54 Å². The summed E-state index contributed by atoms with van der Waals surface area (Å²) < 4.78 is 0. The average Bonchev–Trinajstić information content (AvgIpc) is 2.84. The topological polar surface area (TPSA) is 41.3 Å². The number of likely N-dealkylation sites (tertiary alicyclic amines) is 1. The molecule has 102 valence electrons. The van der Waals surface area contributed by atoms with Crippen LogP contribution < -0.4 is 11.3 Å². The molecule has 3 N–H and O–H groups in total. The Kier molecular flexibility index (Phi) is 5.90. The molecule has 0 aliphatic carbocycles. The minimum absolute atomic E-state index is 0.208. The van der Waals surface area contributed by atoms with Gasteiger partial charge in [0.05, 0.1) is 0 Å². The summed E-state index contributed by atoms with van der Waals surface area (Å²) in [7, 11) is 0. The number of nitrogens with two attached hydrogens (primary N) is 1. The summed E-state index contributed by atoms with van der Waals surface area (Å²) >= 11 is 0. The Labute approximate surface area is 107 Å². The quantitative estimate of drug-likeness (QED) is 0.531. The Hall–Kier alpha value is -0.120. The van der Waals surface area contributed by atoms with E-state index in [2.05, 4.69) is 38.0 Å². The van der Waals surface area contributed by atoms with Crippen LogP contribution in [0.5, 0.6) is 0 Å². The van der Waals surface area contributed by atoms with Crippen LogP contribution in [0.4, 0.5) is 0 Å². The van der Waals surface area contributed by atoms with Gasteiger partial charge in [0, 0.05) is 11.6 Å². The van der Waals surface area contributed by atoms with Gasteiger partial charge in [-0.05, 0) is 51.6 Å². The second-order valence-electron chi connectivity index (χ2n) is 5.82. The SMILES string of the molecule is CCCC(C)C(NN)C(C)(CC)N1CCCC1. The van der Waals surface area contributed by atoms with Gasteiger partial charge in [-0.3, -0.25) is 16.2 Å². The van der Waals surface area contributed by atoms with E-state index in [0.717, 1.165) is 6.42 Å². The Morgan fingerprint density at radius 3 is 2.29 bits per heavy atom. The molecule has 0 bridgehead atoms. The Morgan fingerprint density at radius 1 is 1.29 bits per heavy atom. The van der Waals surface area contributed by atoms with Crippen molar-refractivity contribution in [2.75, 3.05) is 13.1 Å². The normalized spacial score (nSPS) is 24.5. The zero-order chi connectivity index (χ0) is 12.9. The van der Waals surface area contributed by atoms with Crippen LogP contribution in [-0.2, 0) is 0 Å². The van der Waals surface area contributed by atoms with E-state index in [1.54, 1.807) is 0 Å². The summed E-state index contributed by atoms with van der Waals surface area (Å²) in [6, 6.07) is 0.394. The van der Waals surface area contributed by atoms with E-state index in [4.69, 9.17) is 5.84 Å². The summed E-state index contributed by atoms with van der Waals surface area (Å²) in [6.45, 7) is 11.7. The second-order valence-corrected chi connectivity index (χ2v) is 5.82. The fourth-order valence-electron chi connectivity index (χ4n) is 3.45. The lowest BCUT2D eigenvalue weighted by Crippen LogP contribution is -2.62. The average molecular weight is 241 g/mol. The van der Waals surface area contributed by atoms with E-state index in [1.807, 2.05) is 0 Å². The zero-order valence-electron chi connectivity index (χ0n) is 12.1. The number of hydrazine groups is 1. The Morgan fingerprint density at radius 2 is 1.88 bits per heavy atom. The van der Waals surface area contributed by atoms with Gasteiger partial charge in [0.15, 0.2) is 0 Å². The second kappa shape index (κ2) is 6.72. The highest BCUT2D eigenvalue weighted by molar-refractivity contribution is 4.99. The first-order valence-electron chi connectivity index (χ1n) is 7.31. The van der Waals surface area contributed by atoms with Gasteiger partial charge < -0.3 is 0 Å². The third kappa shape index (κ3) is 3.21. The molecule has 0 aromatic rings. The third-order valence-corrected chi connectivity index (χ3v) is 4.71. The molecule has 0 radical (unpaired) electrons. The summed E-state index contributed by atoms with van der Waals surface area (Å²) in [5.41, 5.74) is 3.32. The fourth-order valence-corrected chi connectivity index (χ4v) is 3.45. The van der Waals surface area contributed by atoms with Gasteiger partial charge in [-0.15, -0.1) is 0 Å². The molecule has 0 amide bonds. The van der Waals surface area contributed by atoms with E-state index >= 15 is 0 Å². The van der Waals surface area contributed by atoms with E-state index in [0.29, 0.717) is 12.0 Å². The Bertz CT molecular complexity index is 214. The molecular formula is C14H31N3. The van der Waals surface area contributed by atoms with Gasteiger partial charge in [0.2, 0.25) is 0 Å². The molecule has 3 heteroatoms. The molecule has 0 saturated carbocycles. The highest BCUT2D eigenvalue weighted by atomic mass is 15.3. The van der Waals surface area contributed by atoms with Crippen molar-refractivity contribution >= 4 is 0 Å². The van der Waals surface area contributed by atoms with Crippen molar-refractivity contribution in [2.45, 2.75) is 71.4 Å². The largest absolute Gasteiger partial charge is 0.296 e. The smallest absolute Gasteiger partial charge is 0.0417 e. The highest BCUT2D eigenvalue weighted by Gasteiger charge is 2.41. The van der Waals surface area contributed by atoms with Crippen molar-refractivity contribution in [2.24, 2.45) is 11.8 Å². The van der Waals surface area contributed by atoms with E-state index in [1.165, 1.54) is 38.8 Å². The molecule has 3 unspecified atom stereocenters. The number of nitrogens with one attached hydrogen (secondary N) is 1. The zero-order valence-corrected chi connectivity index (χ0v) is 12.1. The molecule has 1 aliphatic heterocycles. The maximum absolute atomic E-state index is 5.86. The minimum Gasteiger partial charge on any atom is -0.296 e. The van der Waals surface area contributed by atoms with Gasteiger partial charge in [-0.25, -0.2) is 0 Å². The van der Waals surface area contributed by atoms with Crippen LogP contribution in [0.25, 0.3) is 0 Å². The first-order chi connectivity index (χ1) is 8.10. The number of hydrogen-bond donors (Lipinski definition) is 2. The lowest BCUT2D eigenvalue weighted by atomic mass is 9.79. The standard InChI is InChI=1S/C14H31N3/c1-5-9-12(3)13(16-15)14(4,6-2)17-10-7-8-11-17/h12-13,16H,5-11,15H2,1-4H3. The van der Waals surface area contributed by atoms with Crippen molar-refractivity contribution in [3.63, 3.8) is 0 Å². The monoisotopic (exact) mass is 241 g/mol. The lowest BCUT2D eigenvalue weighted by molar-refractivity contribution is 0.0586. The van der Waals surface area contributed by atoms with Crippen molar-refractivity contribution in [3.8, 4) is 0 Å². The highest BCUT2D eigenvalue weighted by Crippen LogP contribution is 2.32. The van der Waals surface area contributed by atoms with Crippen LogP contribution in [-0.4, -0.2) is 29.6 Å². The van der Waals surface area contributed by atoms with Gasteiger partial charge in [0.25, 0.3) is 0 Å². The van der Waals surface area contributed by atoms with Gasteiger partial charge in [-0.2, -0.15) is 0 Å². The van der Waals surface area contributed by atoms with Gasteiger partial charge in [-0.1, -0.05) is 27.2 Å². The summed E-state index contributed by atoms with van der Waals surface area (Å²) in [5, 5.41) is 0. The van der Waals surface area contributed by atoms with Crippen LogP contribution >= 0.6 is 0 Å². The molecule has 1 rings (SSSR count). The minimum atomic E-state index is 0.208. The first-order valence-corrected chi connectivity index (χ1v) is 7.31. The molecule has 3 atom stereocenters. The van der Waals surface area contributed by atoms with Crippen molar-refractivity contribution < 1.29 is 0 Å². The van der Waals surface area contributed by atoms with Crippen LogP contribution in [0.3, 0.4) is 0 Å². The lowest BCUT2D eigenvalue weighted by Gasteiger charge is -2.46. The first kappa shape index (κ1) is 14.9. The third-order valence-electron chi connectivity index (χ3n) is 4.71. The Balaban J connectivity index is 2.79. The number of rotatable bonds is 7. The molecule has 0 spiro atoms. The van der Waals surface area contributed by atoms with Crippen LogP contribution in [0, 0.1) is 5.92 Å². The predicted molar refractivity (Wildman–Crippen MR) is 74.7 cm³/mol. The molecule has 1 heterocycles. The van der Waals surface area contributed by atoms with Crippen LogP contribution in [0.1, 0.15) is 59.8 Å². The molecule has 0 aromatic heterocycles. The summed E-state index contributed by atoms with van der Waals surface area (Å²) in [4.78, 5) is 2.64. The summed E-state index contributed by atoms with van der Waals surface area (Å²) in [6.07, 6.45) is 6.33. The maximum Gasteiger partial charge on any atom is 0.0417 e. The molecule has 0 aromatic carbocycles. The molecule has 17 heavy (non-hydrogen) atoms. The van der Waals surface area contributed by atoms with Crippen molar-refractivity contribution in [1.29, 1.82) is 0 Å². The predicted octanol–water partition coefficient (Wildman–Crippen LogP) is 2.52. The van der Waals surface area contributed by atoms with Crippen molar-refractivity contribution in [3.05, 3.63) is 0 Å². The molecular weight excluding hydrogens is 210 g/mol. The van der Waals surface area contributed by atoms with Crippen molar-refractivity contribution in [1.82, 2.24) is 10.3 Å². The fraction of sp³-hybridized carbons (Fsp3) is 1.00. The van der Waals surface area contributed by atoms with E-state index < -0.39 is 0 Å². The van der Waals surface area contributed by atoms with E-state index in [9.17, 15) is 0 Å². The van der Waals surface area contributed by atoms with Crippen LogP contribution in [0.2, 0.25) is 0 Å². The molecule has 1 aliphatic rings. The van der Waals surface area contributed by atoms with Gasteiger partial charge >= 0.3 is 0 Å². The van der Waals surface area contributed by atoms with Gasteiger partial charge in [0.1, 0.15) is 0 Å². The number of hydrogen-bond acceptors (Lipinski definition) is 3. The maximum atomic E-state index is 5.86. The van der Waals surface area contributed by atoms with Crippen LogP contribution in [0.15, 0.2) is 0 Å².